The Labute approximate surface area is 127 Å². The second-order valence-corrected chi connectivity index (χ2v) is 6.31. The molecule has 1 fully saturated rings. The molecule has 1 aromatic rings. The van der Waals surface area contributed by atoms with Crippen molar-refractivity contribution in [1.29, 1.82) is 5.26 Å². The average molecular weight is 287 g/mol. The lowest BCUT2D eigenvalue weighted by Gasteiger charge is -2.32. The first-order chi connectivity index (χ1) is 9.75. The molecule has 0 radical (unpaired) electrons. The van der Waals surface area contributed by atoms with E-state index in [9.17, 15) is 5.26 Å². The molecule has 1 aromatic carbocycles. The summed E-state index contributed by atoms with van der Waals surface area (Å²) in [6.45, 7) is 10.1. The fraction of sp³-hybridized carbons (Fsp3) is 0.562. The van der Waals surface area contributed by atoms with E-state index < -0.39 is 7.12 Å². The van der Waals surface area contributed by atoms with Crippen LogP contribution in [-0.4, -0.2) is 25.4 Å². The Morgan fingerprint density at radius 3 is 2.19 bits per heavy atom. The van der Waals surface area contributed by atoms with Crippen molar-refractivity contribution in [3.8, 4) is 11.8 Å². The van der Waals surface area contributed by atoms with Crippen molar-refractivity contribution in [2.45, 2.75) is 52.2 Å². The van der Waals surface area contributed by atoms with Gasteiger partial charge in [-0.3, -0.25) is 0 Å². The maximum atomic E-state index is 9.29. The average Bonchev–Trinajstić information content (AvgIpc) is 2.65. The molecular weight excluding hydrogens is 265 g/mol. The molecule has 0 unspecified atom stereocenters. The van der Waals surface area contributed by atoms with Crippen LogP contribution < -0.4 is 10.2 Å². The van der Waals surface area contributed by atoms with Crippen LogP contribution >= 0.6 is 0 Å². The topological polar surface area (TPSA) is 51.5 Å². The molecule has 2 rings (SSSR count). The highest BCUT2D eigenvalue weighted by Crippen LogP contribution is 2.37. The van der Waals surface area contributed by atoms with Crippen LogP contribution in [0, 0.1) is 11.3 Å². The first-order valence-corrected chi connectivity index (χ1v) is 7.22. The van der Waals surface area contributed by atoms with Gasteiger partial charge >= 0.3 is 7.12 Å². The fourth-order valence-corrected chi connectivity index (χ4v) is 2.38. The van der Waals surface area contributed by atoms with Crippen LogP contribution in [0.25, 0.3) is 0 Å². The standard InChI is InChI=1S/C16H22BNO3/c1-7-11-8-12(9-14(19-6)13(11)10-18)17-20-15(2,3)16(4,5)21-17/h8-9H,7H2,1-6H3. The quantitative estimate of drug-likeness (QED) is 0.801. The molecule has 21 heavy (non-hydrogen) atoms. The molecule has 5 heteroatoms. The highest BCUT2D eigenvalue weighted by molar-refractivity contribution is 6.62. The van der Waals surface area contributed by atoms with Crippen LogP contribution in [0.1, 0.15) is 45.7 Å². The lowest BCUT2D eigenvalue weighted by Crippen LogP contribution is -2.41. The van der Waals surface area contributed by atoms with Crippen LogP contribution in [0.5, 0.6) is 5.75 Å². The third-order valence-corrected chi connectivity index (χ3v) is 4.44. The van der Waals surface area contributed by atoms with E-state index in [4.69, 9.17) is 14.0 Å². The second-order valence-electron chi connectivity index (χ2n) is 6.31. The fourth-order valence-electron chi connectivity index (χ4n) is 2.38. The van der Waals surface area contributed by atoms with E-state index >= 15 is 0 Å². The molecule has 112 valence electrons. The first kappa shape index (κ1) is 15.9. The molecule has 0 aliphatic carbocycles. The minimum atomic E-state index is -0.443. The van der Waals surface area contributed by atoms with Gasteiger partial charge < -0.3 is 14.0 Å². The number of aryl methyl sites for hydroxylation is 1. The van der Waals surface area contributed by atoms with Gasteiger partial charge in [0.2, 0.25) is 0 Å². The van der Waals surface area contributed by atoms with E-state index in [0.29, 0.717) is 11.3 Å². The Kier molecular flexibility index (Phi) is 4.05. The van der Waals surface area contributed by atoms with E-state index in [2.05, 4.69) is 6.07 Å². The largest absolute Gasteiger partial charge is 0.495 e. The Hall–Kier alpha value is -1.51. The van der Waals surface area contributed by atoms with Gasteiger partial charge in [-0.05, 0) is 51.2 Å². The molecule has 1 heterocycles. The van der Waals surface area contributed by atoms with Crippen molar-refractivity contribution in [2.75, 3.05) is 7.11 Å². The summed E-state index contributed by atoms with van der Waals surface area (Å²) in [5, 5.41) is 9.29. The van der Waals surface area contributed by atoms with E-state index in [1.165, 1.54) is 0 Å². The van der Waals surface area contributed by atoms with E-state index in [0.717, 1.165) is 17.4 Å². The molecule has 0 bridgehead atoms. The Morgan fingerprint density at radius 2 is 1.76 bits per heavy atom. The van der Waals surface area contributed by atoms with Gasteiger partial charge in [0.05, 0.1) is 23.9 Å². The van der Waals surface area contributed by atoms with Crippen molar-refractivity contribution < 1.29 is 14.0 Å². The van der Waals surface area contributed by atoms with Gasteiger partial charge in [-0.25, -0.2) is 0 Å². The summed E-state index contributed by atoms with van der Waals surface area (Å²) in [6, 6.07) is 6.02. The molecule has 1 aliphatic rings. The van der Waals surface area contributed by atoms with Gasteiger partial charge in [-0.1, -0.05) is 13.0 Å². The van der Waals surface area contributed by atoms with Crippen LogP contribution in [0.4, 0.5) is 0 Å². The maximum absolute atomic E-state index is 9.29. The van der Waals surface area contributed by atoms with Crippen molar-refractivity contribution in [3.63, 3.8) is 0 Å². The zero-order valence-corrected chi connectivity index (χ0v) is 13.6. The van der Waals surface area contributed by atoms with Gasteiger partial charge in [-0.2, -0.15) is 5.26 Å². The Balaban J connectivity index is 2.45. The number of ether oxygens (including phenoxy) is 1. The summed E-state index contributed by atoms with van der Waals surface area (Å²) in [7, 11) is 1.13. The second kappa shape index (κ2) is 5.36. The lowest BCUT2D eigenvalue weighted by atomic mass is 9.77. The van der Waals surface area contributed by atoms with Gasteiger partial charge in [0.25, 0.3) is 0 Å². The predicted octanol–water partition coefficient (Wildman–Crippen LogP) is 2.43. The summed E-state index contributed by atoms with van der Waals surface area (Å²) in [5.74, 6) is 0.571. The van der Waals surface area contributed by atoms with Crippen LogP contribution in [0.3, 0.4) is 0 Å². The zero-order chi connectivity index (χ0) is 15.8. The highest BCUT2D eigenvalue weighted by atomic mass is 16.7. The molecule has 0 saturated carbocycles. The van der Waals surface area contributed by atoms with Crippen LogP contribution in [0.15, 0.2) is 12.1 Å². The SMILES string of the molecule is CCc1cc(B2OC(C)(C)C(C)(C)O2)cc(OC)c1C#N. The molecule has 0 atom stereocenters. The number of rotatable bonds is 3. The minimum Gasteiger partial charge on any atom is -0.495 e. The molecule has 0 aromatic heterocycles. The number of nitrogens with zero attached hydrogens (tertiary/aromatic N) is 1. The summed E-state index contributed by atoms with van der Waals surface area (Å²) < 4.78 is 17.5. The highest BCUT2D eigenvalue weighted by Gasteiger charge is 2.51. The molecule has 0 amide bonds. The number of hydrogen-bond acceptors (Lipinski definition) is 4. The summed E-state index contributed by atoms with van der Waals surface area (Å²) >= 11 is 0. The van der Waals surface area contributed by atoms with Gasteiger partial charge in [0.1, 0.15) is 11.8 Å². The van der Waals surface area contributed by atoms with Gasteiger partial charge in [-0.15, -0.1) is 0 Å². The molecule has 0 N–H and O–H groups in total. The summed E-state index contributed by atoms with van der Waals surface area (Å²) in [4.78, 5) is 0. The number of nitriles is 1. The van der Waals surface area contributed by atoms with Crippen LogP contribution in [0.2, 0.25) is 0 Å². The summed E-state index contributed by atoms with van der Waals surface area (Å²) in [6.07, 6.45) is 0.757. The van der Waals surface area contributed by atoms with Crippen molar-refractivity contribution in [1.82, 2.24) is 0 Å². The van der Waals surface area contributed by atoms with Crippen molar-refractivity contribution in [2.24, 2.45) is 0 Å². The van der Waals surface area contributed by atoms with Gasteiger partial charge in [0.15, 0.2) is 0 Å². The normalized spacial score (nSPS) is 19.4. The maximum Gasteiger partial charge on any atom is 0.494 e. The Bertz CT molecular complexity index is 549. The molecular formula is C16H22BNO3. The first-order valence-electron chi connectivity index (χ1n) is 7.22. The van der Waals surface area contributed by atoms with E-state index in [1.807, 2.05) is 46.8 Å². The number of benzene rings is 1. The summed E-state index contributed by atoms with van der Waals surface area (Å²) in [5.41, 5.74) is 1.65. The molecule has 1 aliphatic heterocycles. The zero-order valence-electron chi connectivity index (χ0n) is 13.6. The van der Waals surface area contributed by atoms with Crippen molar-refractivity contribution >= 4 is 12.6 Å². The monoisotopic (exact) mass is 287 g/mol. The minimum absolute atomic E-state index is 0.384. The molecule has 1 saturated heterocycles. The predicted molar refractivity (Wildman–Crippen MR) is 82.8 cm³/mol. The van der Waals surface area contributed by atoms with E-state index in [-0.39, 0.29) is 11.2 Å². The van der Waals surface area contributed by atoms with Gasteiger partial charge in [0, 0.05) is 0 Å². The smallest absolute Gasteiger partial charge is 0.494 e. The van der Waals surface area contributed by atoms with E-state index in [1.54, 1.807) is 7.11 Å². The van der Waals surface area contributed by atoms with Crippen molar-refractivity contribution in [3.05, 3.63) is 23.3 Å². The molecule has 0 spiro atoms. The molecule has 4 nitrogen and oxygen atoms in total. The number of hydrogen-bond donors (Lipinski definition) is 0. The third-order valence-electron chi connectivity index (χ3n) is 4.44. The third kappa shape index (κ3) is 2.66. The van der Waals surface area contributed by atoms with Crippen LogP contribution in [-0.2, 0) is 15.7 Å². The number of methoxy groups -OCH3 is 1. The Morgan fingerprint density at radius 1 is 1.19 bits per heavy atom. The lowest BCUT2D eigenvalue weighted by molar-refractivity contribution is 0.00578.